The van der Waals surface area contributed by atoms with Crippen LogP contribution in [0.4, 0.5) is 5.69 Å². The Morgan fingerprint density at radius 1 is 0.784 bits per heavy atom. The van der Waals surface area contributed by atoms with Gasteiger partial charge in [0.1, 0.15) is 5.75 Å². The zero-order valence-corrected chi connectivity index (χ0v) is 29.1. The van der Waals surface area contributed by atoms with E-state index in [-0.39, 0.29) is 29.5 Å². The van der Waals surface area contributed by atoms with Gasteiger partial charge in [0.25, 0.3) is 11.8 Å². The molecule has 8 rings (SSSR count). The van der Waals surface area contributed by atoms with E-state index < -0.39 is 0 Å². The van der Waals surface area contributed by atoms with Gasteiger partial charge in [-0.2, -0.15) is 0 Å². The van der Waals surface area contributed by atoms with Crippen molar-refractivity contribution < 1.29 is 19.5 Å². The van der Waals surface area contributed by atoms with Crippen molar-refractivity contribution in [1.82, 2.24) is 14.4 Å². The van der Waals surface area contributed by atoms with Gasteiger partial charge in [-0.1, -0.05) is 54.6 Å². The molecule has 1 N–H and O–H groups in total. The Balaban J connectivity index is 1.21. The predicted octanol–water partition coefficient (Wildman–Crippen LogP) is 7.15. The predicted molar refractivity (Wildman–Crippen MR) is 198 cm³/mol. The number of fused-ring (bicyclic) bond motifs is 3. The summed E-state index contributed by atoms with van der Waals surface area (Å²) in [5.41, 5.74) is 9.98. The number of hydrogen-bond donors (Lipinski definition) is 1. The molecule has 51 heavy (non-hydrogen) atoms. The summed E-state index contributed by atoms with van der Waals surface area (Å²) in [6.45, 7) is 4.31. The minimum atomic E-state index is -0.134. The van der Waals surface area contributed by atoms with Crippen LogP contribution in [0.3, 0.4) is 0 Å². The lowest BCUT2D eigenvalue weighted by molar-refractivity contribution is -0.131. The van der Waals surface area contributed by atoms with Crippen LogP contribution in [-0.4, -0.2) is 50.3 Å². The summed E-state index contributed by atoms with van der Waals surface area (Å²) in [6, 6.07) is 30.9. The van der Waals surface area contributed by atoms with Crippen LogP contribution in [0.5, 0.6) is 5.75 Å². The lowest BCUT2D eigenvalue weighted by Crippen LogP contribution is -2.42. The first-order chi connectivity index (χ1) is 24.7. The summed E-state index contributed by atoms with van der Waals surface area (Å²) in [6.07, 6.45) is 3.83. The van der Waals surface area contributed by atoms with Crippen molar-refractivity contribution in [3.63, 3.8) is 0 Å². The van der Waals surface area contributed by atoms with Crippen molar-refractivity contribution in [1.29, 1.82) is 0 Å². The normalized spacial score (nSPS) is 16.3. The van der Waals surface area contributed by atoms with E-state index >= 15 is 0 Å². The van der Waals surface area contributed by atoms with E-state index in [1.807, 2.05) is 58.3 Å². The van der Waals surface area contributed by atoms with Crippen molar-refractivity contribution in [2.75, 3.05) is 11.9 Å². The molecule has 3 aliphatic rings. The zero-order chi connectivity index (χ0) is 35.2. The molecule has 0 saturated carbocycles. The summed E-state index contributed by atoms with van der Waals surface area (Å²) >= 11 is 0. The topological polar surface area (TPSA) is 86.1 Å². The van der Waals surface area contributed by atoms with Gasteiger partial charge in [0, 0.05) is 67.5 Å². The van der Waals surface area contributed by atoms with Crippen LogP contribution in [0, 0.1) is 0 Å². The summed E-state index contributed by atoms with van der Waals surface area (Å²) < 4.78 is 2.24. The molecule has 0 saturated heterocycles. The number of phenolic OH excluding ortho intramolecular Hbond substituents is 1. The Labute approximate surface area is 298 Å². The van der Waals surface area contributed by atoms with E-state index in [0.29, 0.717) is 42.9 Å². The summed E-state index contributed by atoms with van der Waals surface area (Å²) in [7, 11) is 1.75. The van der Waals surface area contributed by atoms with Crippen LogP contribution in [-0.2, 0) is 50.2 Å². The SMILES string of the molecule is C[C@@H]1Cc2ccccc2CN1C(=O)c1cc2c(cc1-c1cc(C(=O)N(C)c3ccc(O)cc3)c3n1CCCC3)CN(C(=O)Cc1ccccc1)C2. The maximum absolute atomic E-state index is 14.8. The second-order valence-electron chi connectivity index (χ2n) is 14.2. The molecule has 258 valence electrons. The van der Waals surface area contributed by atoms with Crippen LogP contribution in [0.15, 0.2) is 97.1 Å². The van der Waals surface area contributed by atoms with Gasteiger partial charge in [0.15, 0.2) is 0 Å². The molecule has 0 fully saturated rings. The van der Waals surface area contributed by atoms with Crippen LogP contribution >= 0.6 is 0 Å². The van der Waals surface area contributed by atoms with Crippen LogP contribution in [0.2, 0.25) is 0 Å². The number of carbonyl (C=O) groups is 3. The molecule has 0 bridgehead atoms. The summed E-state index contributed by atoms with van der Waals surface area (Å²) in [5.74, 6) is 0.0250. The summed E-state index contributed by atoms with van der Waals surface area (Å²) in [4.78, 5) is 48.0. The van der Waals surface area contributed by atoms with Gasteiger partial charge < -0.3 is 24.4 Å². The van der Waals surface area contributed by atoms with Gasteiger partial charge in [0.2, 0.25) is 5.91 Å². The first kappa shape index (κ1) is 32.6. The standard InChI is InChI=1S/C43H42N4O4/c1-28-20-30-12-6-7-13-31(30)27-47(28)43(51)37-23-33-26-45(41(49)21-29-10-4-3-5-11-29)25-32(33)22-36(37)40-24-38(39-14-8-9-19-46(39)40)42(50)44(2)34-15-17-35(48)18-16-34/h3-7,10-13,15-18,22-24,28,48H,8-9,14,19-21,25-27H2,1-2H3/t28-/m1/s1. The Morgan fingerprint density at radius 3 is 2.25 bits per heavy atom. The number of carbonyl (C=O) groups excluding carboxylic acids is 3. The van der Waals surface area contributed by atoms with Crippen molar-refractivity contribution >= 4 is 23.4 Å². The molecule has 0 radical (unpaired) electrons. The van der Waals surface area contributed by atoms with E-state index in [2.05, 4.69) is 35.8 Å². The highest BCUT2D eigenvalue weighted by molar-refractivity contribution is 6.08. The van der Waals surface area contributed by atoms with Crippen molar-refractivity contribution in [3.8, 4) is 17.0 Å². The number of nitrogens with zero attached hydrogens (tertiary/aromatic N) is 4. The highest BCUT2D eigenvalue weighted by Crippen LogP contribution is 2.38. The molecular formula is C43H42N4O4. The third-order valence-electron chi connectivity index (χ3n) is 10.9. The fraction of sp³-hybridized carbons (Fsp3) is 0.279. The van der Waals surface area contributed by atoms with Crippen molar-refractivity contribution in [2.24, 2.45) is 0 Å². The van der Waals surface area contributed by atoms with E-state index in [4.69, 9.17) is 0 Å². The number of aromatic hydroxyl groups is 1. The lowest BCUT2D eigenvalue weighted by Gasteiger charge is -2.35. The molecule has 8 nitrogen and oxygen atoms in total. The molecule has 4 heterocycles. The molecule has 3 amide bonds. The third kappa shape index (κ3) is 6.09. The molecule has 0 spiro atoms. The second-order valence-corrected chi connectivity index (χ2v) is 14.2. The van der Waals surface area contributed by atoms with Gasteiger partial charge in [-0.05, 0) is 103 Å². The van der Waals surface area contributed by atoms with Gasteiger partial charge in [-0.3, -0.25) is 14.4 Å². The highest BCUT2D eigenvalue weighted by Gasteiger charge is 2.34. The van der Waals surface area contributed by atoms with Gasteiger partial charge >= 0.3 is 0 Å². The average Bonchev–Trinajstić information content (AvgIpc) is 3.76. The highest BCUT2D eigenvalue weighted by atomic mass is 16.3. The third-order valence-corrected chi connectivity index (χ3v) is 10.9. The molecule has 1 aromatic heterocycles. The van der Waals surface area contributed by atoms with Crippen molar-refractivity contribution in [2.45, 2.75) is 71.2 Å². The van der Waals surface area contributed by atoms with E-state index in [1.54, 1.807) is 36.2 Å². The molecule has 3 aliphatic heterocycles. The molecule has 5 aromatic rings. The summed E-state index contributed by atoms with van der Waals surface area (Å²) in [5, 5.41) is 9.83. The number of hydrogen-bond acceptors (Lipinski definition) is 4. The molecule has 1 atom stereocenters. The quantitative estimate of drug-likeness (QED) is 0.207. The maximum Gasteiger partial charge on any atom is 0.259 e. The molecule has 0 unspecified atom stereocenters. The second kappa shape index (κ2) is 13.2. The fourth-order valence-electron chi connectivity index (χ4n) is 8.06. The largest absolute Gasteiger partial charge is 0.508 e. The number of aromatic nitrogens is 1. The van der Waals surface area contributed by atoms with Crippen LogP contribution < -0.4 is 4.90 Å². The van der Waals surface area contributed by atoms with E-state index in [1.165, 1.54) is 5.56 Å². The molecule has 8 heteroatoms. The number of rotatable bonds is 6. The molecule has 0 aliphatic carbocycles. The van der Waals surface area contributed by atoms with Crippen LogP contribution in [0.1, 0.15) is 74.0 Å². The first-order valence-electron chi connectivity index (χ1n) is 17.9. The van der Waals surface area contributed by atoms with Gasteiger partial charge in [0.05, 0.1) is 12.0 Å². The van der Waals surface area contributed by atoms with Gasteiger partial charge in [-0.15, -0.1) is 0 Å². The number of anilines is 1. The Morgan fingerprint density at radius 2 is 1.49 bits per heavy atom. The Kier molecular flexibility index (Phi) is 8.46. The smallest absolute Gasteiger partial charge is 0.259 e. The minimum absolute atomic E-state index is 0.00906. The fourth-order valence-corrected chi connectivity index (χ4v) is 8.06. The van der Waals surface area contributed by atoms with Crippen molar-refractivity contribution in [3.05, 3.63) is 142 Å². The van der Waals surface area contributed by atoms with E-state index in [9.17, 15) is 19.5 Å². The maximum atomic E-state index is 14.8. The number of benzene rings is 4. The van der Waals surface area contributed by atoms with Gasteiger partial charge in [-0.25, -0.2) is 0 Å². The first-order valence-corrected chi connectivity index (χ1v) is 17.9. The monoisotopic (exact) mass is 678 g/mol. The van der Waals surface area contributed by atoms with E-state index in [0.717, 1.165) is 71.4 Å². The Bertz CT molecular complexity index is 2150. The molecule has 4 aromatic carbocycles. The number of phenols is 1. The average molecular weight is 679 g/mol. The van der Waals surface area contributed by atoms with Crippen LogP contribution in [0.25, 0.3) is 11.3 Å². The Hall–Kier alpha value is -5.63. The molecular weight excluding hydrogens is 636 g/mol. The minimum Gasteiger partial charge on any atom is -0.508 e. The zero-order valence-electron chi connectivity index (χ0n) is 29.1. The number of amides is 3. The lowest BCUT2D eigenvalue weighted by atomic mass is 9.92.